The standard InChI is InChI=1S/C22H25F2N5O3S/c1-6-9-29-18-16(21(31)28(5)22(29)32)20(27-17(26-18)11(2)3)33-12(4)19(30)25-15-8-7-13(23)10-14(15)24/h7-8,10-12H,6,9H2,1-5H3,(H,25,30). The van der Waals surface area contributed by atoms with E-state index >= 15 is 0 Å². The van der Waals surface area contributed by atoms with E-state index in [1.165, 1.54) is 11.6 Å². The lowest BCUT2D eigenvalue weighted by Gasteiger charge is -2.17. The predicted octanol–water partition coefficient (Wildman–Crippen LogP) is 3.42. The van der Waals surface area contributed by atoms with Gasteiger partial charge in [0.2, 0.25) is 5.91 Å². The second-order valence-electron chi connectivity index (χ2n) is 7.91. The first-order valence-corrected chi connectivity index (χ1v) is 11.4. The van der Waals surface area contributed by atoms with Crippen LogP contribution in [0, 0.1) is 11.6 Å². The number of halogens is 2. The summed E-state index contributed by atoms with van der Waals surface area (Å²) in [6.45, 7) is 7.61. The molecule has 1 amide bonds. The van der Waals surface area contributed by atoms with Crippen LogP contribution in [0.25, 0.3) is 11.0 Å². The van der Waals surface area contributed by atoms with Crippen LogP contribution in [0.2, 0.25) is 0 Å². The molecule has 33 heavy (non-hydrogen) atoms. The molecule has 0 saturated heterocycles. The van der Waals surface area contributed by atoms with E-state index in [1.54, 1.807) is 6.92 Å². The number of rotatable bonds is 7. The minimum absolute atomic E-state index is 0.0968. The number of amides is 1. The first kappa shape index (κ1) is 24.6. The minimum Gasteiger partial charge on any atom is -0.323 e. The number of fused-ring (bicyclic) bond motifs is 1. The molecule has 3 rings (SSSR count). The molecule has 11 heteroatoms. The Bertz CT molecular complexity index is 1340. The number of carbonyl (C=O) groups excluding carboxylic acids is 1. The first-order valence-electron chi connectivity index (χ1n) is 10.5. The fourth-order valence-corrected chi connectivity index (χ4v) is 4.11. The number of aryl methyl sites for hydroxylation is 1. The second kappa shape index (κ2) is 9.82. The van der Waals surface area contributed by atoms with Crippen molar-refractivity contribution in [1.82, 2.24) is 19.1 Å². The molecule has 0 radical (unpaired) electrons. The van der Waals surface area contributed by atoms with Crippen LogP contribution in [0.4, 0.5) is 14.5 Å². The predicted molar refractivity (Wildman–Crippen MR) is 124 cm³/mol. The third-order valence-electron chi connectivity index (χ3n) is 4.98. The summed E-state index contributed by atoms with van der Waals surface area (Å²) in [4.78, 5) is 47.4. The van der Waals surface area contributed by atoms with Crippen LogP contribution in [0.15, 0.2) is 32.8 Å². The Balaban J connectivity index is 2.08. The minimum atomic E-state index is -0.896. The van der Waals surface area contributed by atoms with Crippen molar-refractivity contribution in [3.8, 4) is 0 Å². The van der Waals surface area contributed by atoms with Gasteiger partial charge in [-0.15, -0.1) is 0 Å². The molecule has 8 nitrogen and oxygen atoms in total. The van der Waals surface area contributed by atoms with Crippen LogP contribution in [0.1, 0.15) is 45.9 Å². The molecule has 0 saturated carbocycles. The van der Waals surface area contributed by atoms with Crippen LogP contribution in [-0.4, -0.2) is 30.3 Å². The van der Waals surface area contributed by atoms with Gasteiger partial charge in [0.05, 0.1) is 10.9 Å². The lowest BCUT2D eigenvalue weighted by atomic mass is 10.2. The number of carbonyl (C=O) groups is 1. The van der Waals surface area contributed by atoms with Gasteiger partial charge in [-0.1, -0.05) is 32.5 Å². The highest BCUT2D eigenvalue weighted by Crippen LogP contribution is 2.29. The molecule has 0 spiro atoms. The van der Waals surface area contributed by atoms with Crippen molar-refractivity contribution >= 4 is 34.4 Å². The molecule has 1 unspecified atom stereocenters. The highest BCUT2D eigenvalue weighted by Gasteiger charge is 2.24. The van der Waals surface area contributed by atoms with Gasteiger partial charge < -0.3 is 5.32 Å². The quantitative estimate of drug-likeness (QED) is 0.414. The van der Waals surface area contributed by atoms with Gasteiger partial charge in [-0.05, 0) is 25.5 Å². The third kappa shape index (κ3) is 4.97. The fraction of sp³-hybridized carbons (Fsp3) is 0.409. The summed E-state index contributed by atoms with van der Waals surface area (Å²) in [6, 6.07) is 2.85. The monoisotopic (exact) mass is 477 g/mol. The number of benzene rings is 1. The smallest absolute Gasteiger partial charge is 0.323 e. The average molecular weight is 478 g/mol. The van der Waals surface area contributed by atoms with E-state index < -0.39 is 34.0 Å². The third-order valence-corrected chi connectivity index (χ3v) is 6.06. The molecule has 1 aromatic carbocycles. The van der Waals surface area contributed by atoms with E-state index in [9.17, 15) is 23.2 Å². The summed E-state index contributed by atoms with van der Waals surface area (Å²) in [5, 5.41) is 2.04. The van der Waals surface area contributed by atoms with Crippen molar-refractivity contribution in [3.63, 3.8) is 0 Å². The number of aromatic nitrogens is 4. The van der Waals surface area contributed by atoms with Crippen LogP contribution in [0.5, 0.6) is 0 Å². The average Bonchev–Trinajstić information content (AvgIpc) is 2.76. The van der Waals surface area contributed by atoms with Crippen LogP contribution >= 0.6 is 11.8 Å². The molecule has 2 heterocycles. The van der Waals surface area contributed by atoms with E-state index in [2.05, 4.69) is 15.3 Å². The SMILES string of the molecule is CCCn1c(=O)n(C)c(=O)c2c(SC(C)C(=O)Nc3ccc(F)cc3F)nc(C(C)C)nc21. The summed E-state index contributed by atoms with van der Waals surface area (Å²) in [7, 11) is 1.38. The van der Waals surface area contributed by atoms with E-state index in [0.717, 1.165) is 28.5 Å². The molecule has 0 bridgehead atoms. The van der Waals surface area contributed by atoms with E-state index in [-0.39, 0.29) is 27.7 Å². The molecule has 176 valence electrons. The number of hydrogen-bond donors (Lipinski definition) is 1. The zero-order valence-electron chi connectivity index (χ0n) is 19.0. The highest BCUT2D eigenvalue weighted by atomic mass is 32.2. The maximum Gasteiger partial charge on any atom is 0.332 e. The Morgan fingerprint density at radius 2 is 1.88 bits per heavy atom. The maximum absolute atomic E-state index is 13.9. The Morgan fingerprint density at radius 1 is 1.18 bits per heavy atom. The molecule has 0 fully saturated rings. The zero-order chi connectivity index (χ0) is 24.4. The highest BCUT2D eigenvalue weighted by molar-refractivity contribution is 8.00. The molecule has 0 aliphatic heterocycles. The lowest BCUT2D eigenvalue weighted by Crippen LogP contribution is -2.39. The molecule has 1 atom stereocenters. The first-order chi connectivity index (χ1) is 15.5. The molecule has 2 aromatic heterocycles. The number of nitrogens with zero attached hydrogens (tertiary/aromatic N) is 4. The van der Waals surface area contributed by atoms with Gasteiger partial charge in [0.25, 0.3) is 5.56 Å². The normalized spacial score (nSPS) is 12.4. The number of anilines is 1. The Kier molecular flexibility index (Phi) is 7.31. The Morgan fingerprint density at radius 3 is 2.48 bits per heavy atom. The summed E-state index contributed by atoms with van der Waals surface area (Å²) >= 11 is 1.01. The summed E-state index contributed by atoms with van der Waals surface area (Å²) in [5.41, 5.74) is -0.964. The van der Waals surface area contributed by atoms with Crippen molar-refractivity contribution in [2.75, 3.05) is 5.32 Å². The van der Waals surface area contributed by atoms with Crippen LogP contribution < -0.4 is 16.6 Å². The molecular formula is C22H25F2N5O3S. The van der Waals surface area contributed by atoms with E-state index in [0.29, 0.717) is 24.9 Å². The van der Waals surface area contributed by atoms with Crippen molar-refractivity contribution in [3.05, 3.63) is 56.5 Å². The Hall–Kier alpha value is -3.08. The number of thioether (sulfide) groups is 1. The van der Waals surface area contributed by atoms with E-state index in [1.807, 2.05) is 20.8 Å². The largest absolute Gasteiger partial charge is 0.332 e. The lowest BCUT2D eigenvalue weighted by molar-refractivity contribution is -0.115. The zero-order valence-corrected chi connectivity index (χ0v) is 19.8. The van der Waals surface area contributed by atoms with Gasteiger partial charge in [-0.25, -0.2) is 23.5 Å². The number of nitrogens with one attached hydrogen (secondary N) is 1. The van der Waals surface area contributed by atoms with Gasteiger partial charge in [0.15, 0.2) is 5.65 Å². The van der Waals surface area contributed by atoms with Gasteiger partial charge in [-0.2, -0.15) is 0 Å². The fourth-order valence-electron chi connectivity index (χ4n) is 3.17. The van der Waals surface area contributed by atoms with Crippen LogP contribution in [-0.2, 0) is 18.4 Å². The van der Waals surface area contributed by atoms with Gasteiger partial charge in [0, 0.05) is 25.6 Å². The molecule has 1 N–H and O–H groups in total. The summed E-state index contributed by atoms with van der Waals surface area (Å²) in [6.07, 6.45) is 0.652. The molecule has 3 aromatic rings. The van der Waals surface area contributed by atoms with Crippen molar-refractivity contribution in [2.24, 2.45) is 7.05 Å². The van der Waals surface area contributed by atoms with Crippen LogP contribution in [0.3, 0.4) is 0 Å². The second-order valence-corrected chi connectivity index (χ2v) is 9.24. The van der Waals surface area contributed by atoms with E-state index in [4.69, 9.17) is 0 Å². The molecule has 0 aliphatic carbocycles. The summed E-state index contributed by atoms with van der Waals surface area (Å²) < 4.78 is 29.5. The molecular weight excluding hydrogens is 452 g/mol. The number of hydrogen-bond acceptors (Lipinski definition) is 6. The summed E-state index contributed by atoms with van der Waals surface area (Å²) in [5.74, 6) is -1.87. The van der Waals surface area contributed by atoms with Gasteiger partial charge >= 0.3 is 5.69 Å². The van der Waals surface area contributed by atoms with Gasteiger partial charge in [0.1, 0.15) is 27.9 Å². The van der Waals surface area contributed by atoms with Gasteiger partial charge in [-0.3, -0.25) is 18.7 Å². The topological polar surface area (TPSA) is 98.9 Å². The maximum atomic E-state index is 13.9. The van der Waals surface area contributed by atoms with Crippen molar-refractivity contribution < 1.29 is 13.6 Å². The molecule has 0 aliphatic rings. The Labute approximate surface area is 193 Å². The van der Waals surface area contributed by atoms with Crippen molar-refractivity contribution in [2.45, 2.75) is 56.9 Å². The van der Waals surface area contributed by atoms with Crippen molar-refractivity contribution in [1.29, 1.82) is 0 Å².